The molecule has 10 heteroatoms. The number of carbonyl (C=O) groups excluding carboxylic acids is 2. The van der Waals surface area contributed by atoms with E-state index in [4.69, 9.17) is 0 Å². The molecule has 1 saturated heterocycles. The van der Waals surface area contributed by atoms with Gasteiger partial charge < -0.3 is 14.8 Å². The Hall–Kier alpha value is -4.34. The van der Waals surface area contributed by atoms with Gasteiger partial charge >= 0.3 is 5.92 Å². The molecule has 190 valence electrons. The van der Waals surface area contributed by atoms with Crippen LogP contribution in [-0.2, 0) is 23.2 Å². The number of fused-ring (bicyclic) bond motifs is 1. The van der Waals surface area contributed by atoms with Crippen molar-refractivity contribution in [2.24, 2.45) is 7.05 Å². The number of nitrogens with one attached hydrogen (secondary N) is 1. The molecule has 1 aliphatic rings. The van der Waals surface area contributed by atoms with Crippen molar-refractivity contribution in [2.75, 3.05) is 4.90 Å². The van der Waals surface area contributed by atoms with E-state index < -0.39 is 23.9 Å². The number of aryl methyl sites for hydroxylation is 1. The molecule has 1 N–H and O–H groups in total. The van der Waals surface area contributed by atoms with E-state index in [0.717, 1.165) is 22.0 Å². The lowest BCUT2D eigenvalue weighted by molar-refractivity contribution is -0.143. The van der Waals surface area contributed by atoms with Gasteiger partial charge in [0.25, 0.3) is 5.91 Å². The molecule has 0 spiro atoms. The Labute approximate surface area is 211 Å². The molecule has 1 aliphatic heterocycles. The maximum absolute atomic E-state index is 13.7. The second-order valence-corrected chi connectivity index (χ2v) is 9.32. The number of benzene rings is 2. The molecule has 37 heavy (non-hydrogen) atoms. The Morgan fingerprint density at radius 2 is 1.86 bits per heavy atom. The Morgan fingerprint density at radius 3 is 2.57 bits per heavy atom. The van der Waals surface area contributed by atoms with Gasteiger partial charge in [0, 0.05) is 43.7 Å². The lowest BCUT2D eigenvalue weighted by Crippen LogP contribution is -2.46. The minimum absolute atomic E-state index is 0.0980. The van der Waals surface area contributed by atoms with Crippen molar-refractivity contribution in [1.82, 2.24) is 19.7 Å². The summed E-state index contributed by atoms with van der Waals surface area (Å²) in [6.45, 7) is 0.987. The molecule has 2 atom stereocenters. The first-order valence-electron chi connectivity index (χ1n) is 11.8. The van der Waals surface area contributed by atoms with Crippen LogP contribution in [0.1, 0.15) is 30.5 Å². The van der Waals surface area contributed by atoms with E-state index >= 15 is 0 Å². The summed E-state index contributed by atoms with van der Waals surface area (Å²) in [7, 11) is 1.69. The van der Waals surface area contributed by atoms with Gasteiger partial charge in [-0.05, 0) is 29.3 Å². The molecule has 0 bridgehead atoms. The number of rotatable bonds is 6. The van der Waals surface area contributed by atoms with Crippen LogP contribution in [0.15, 0.2) is 77.9 Å². The largest absolute Gasteiger partial charge is 0.345 e. The summed E-state index contributed by atoms with van der Waals surface area (Å²) < 4.78 is 30.6. The van der Waals surface area contributed by atoms with E-state index in [-0.39, 0.29) is 17.9 Å². The van der Waals surface area contributed by atoms with Crippen LogP contribution in [0.3, 0.4) is 0 Å². The van der Waals surface area contributed by atoms with Gasteiger partial charge in [-0.15, -0.1) is 0 Å². The zero-order chi connectivity index (χ0) is 26.3. The van der Waals surface area contributed by atoms with Crippen LogP contribution in [0.4, 0.5) is 14.5 Å². The monoisotopic (exact) mass is 505 g/mol. The average molecular weight is 506 g/mol. The van der Waals surface area contributed by atoms with Gasteiger partial charge in [0.15, 0.2) is 0 Å². The van der Waals surface area contributed by atoms with Crippen LogP contribution in [0.25, 0.3) is 10.9 Å². The number of hydrogen-bond donors (Lipinski definition) is 1. The summed E-state index contributed by atoms with van der Waals surface area (Å²) >= 11 is 0. The van der Waals surface area contributed by atoms with Crippen LogP contribution in [0.5, 0.6) is 0 Å². The van der Waals surface area contributed by atoms with Crippen molar-refractivity contribution in [3.8, 4) is 0 Å². The van der Waals surface area contributed by atoms with Crippen LogP contribution in [-0.4, -0.2) is 38.1 Å². The highest BCUT2D eigenvalue weighted by molar-refractivity contribution is 6.00. The summed E-state index contributed by atoms with van der Waals surface area (Å²) in [5.74, 6) is -5.25. The highest BCUT2D eigenvalue weighted by Crippen LogP contribution is 2.38. The number of amides is 2. The average Bonchev–Trinajstić information content (AvgIpc) is 3.41. The summed E-state index contributed by atoms with van der Waals surface area (Å²) in [5, 5.41) is 7.64. The standard InChI is InChI=1S/C27H25F2N5O3/c1-27(28,29)26(37)31-21-13-24(36)34(25(21)18-6-4-3-5-7-18)20-9-10-22-19(12-20)14-30-33(22)16-17-8-11-23(35)32(2)15-17/h3-12,14-15,21,25H,13,16H2,1-2H3,(H,31,37). The smallest absolute Gasteiger partial charge is 0.321 e. The fourth-order valence-electron chi connectivity index (χ4n) is 4.76. The van der Waals surface area contributed by atoms with E-state index in [1.165, 1.54) is 10.6 Å². The first-order chi connectivity index (χ1) is 17.6. The molecule has 2 aromatic carbocycles. The third-order valence-electron chi connectivity index (χ3n) is 6.56. The van der Waals surface area contributed by atoms with E-state index in [2.05, 4.69) is 10.4 Å². The SMILES string of the molecule is Cn1cc(Cn2ncc3cc(N4C(=O)CC(NC(=O)C(C)(F)F)C4c4ccccc4)ccc32)ccc1=O. The number of nitrogens with zero attached hydrogens (tertiary/aromatic N) is 4. The molecule has 2 amide bonds. The first kappa shape index (κ1) is 24.4. The van der Waals surface area contributed by atoms with Crippen molar-refractivity contribution >= 4 is 28.4 Å². The van der Waals surface area contributed by atoms with E-state index in [0.29, 0.717) is 19.2 Å². The summed E-state index contributed by atoms with van der Waals surface area (Å²) in [6, 6.07) is 16.3. The third kappa shape index (κ3) is 4.74. The van der Waals surface area contributed by atoms with Gasteiger partial charge in [-0.3, -0.25) is 19.1 Å². The van der Waals surface area contributed by atoms with Crippen LogP contribution >= 0.6 is 0 Å². The Morgan fingerprint density at radius 1 is 1.11 bits per heavy atom. The zero-order valence-electron chi connectivity index (χ0n) is 20.3. The normalized spacial score (nSPS) is 17.9. The van der Waals surface area contributed by atoms with Gasteiger partial charge in [-0.25, -0.2) is 0 Å². The van der Waals surface area contributed by atoms with E-state index in [1.54, 1.807) is 53.3 Å². The fraction of sp³-hybridized carbons (Fsp3) is 0.259. The molecule has 2 aromatic heterocycles. The van der Waals surface area contributed by atoms with E-state index in [9.17, 15) is 23.2 Å². The van der Waals surface area contributed by atoms with Gasteiger partial charge in [-0.1, -0.05) is 36.4 Å². The zero-order valence-corrected chi connectivity index (χ0v) is 20.3. The topological polar surface area (TPSA) is 89.2 Å². The third-order valence-corrected chi connectivity index (χ3v) is 6.56. The number of aromatic nitrogens is 3. The molecular formula is C27H25F2N5O3. The fourth-order valence-corrected chi connectivity index (χ4v) is 4.76. The number of alkyl halides is 2. The summed E-state index contributed by atoms with van der Waals surface area (Å²) in [4.78, 5) is 38.5. The summed E-state index contributed by atoms with van der Waals surface area (Å²) in [5.41, 5.74) is 2.94. The van der Waals surface area contributed by atoms with E-state index in [1.807, 2.05) is 30.3 Å². The molecule has 0 radical (unpaired) electrons. The van der Waals surface area contributed by atoms with Gasteiger partial charge in [0.2, 0.25) is 11.5 Å². The van der Waals surface area contributed by atoms with Gasteiger partial charge in [-0.2, -0.15) is 13.9 Å². The van der Waals surface area contributed by atoms with Crippen molar-refractivity contribution in [1.29, 1.82) is 0 Å². The molecule has 4 aromatic rings. The van der Waals surface area contributed by atoms with Crippen LogP contribution < -0.4 is 15.8 Å². The quantitative estimate of drug-likeness (QED) is 0.435. The number of hydrogen-bond acceptors (Lipinski definition) is 4. The lowest BCUT2D eigenvalue weighted by Gasteiger charge is -2.29. The maximum atomic E-state index is 13.7. The van der Waals surface area contributed by atoms with Crippen molar-refractivity contribution in [3.63, 3.8) is 0 Å². The predicted octanol–water partition coefficient (Wildman–Crippen LogP) is 3.40. The Balaban J connectivity index is 1.49. The number of halogens is 2. The number of carbonyl (C=O) groups is 2. The summed E-state index contributed by atoms with van der Waals surface area (Å²) in [6.07, 6.45) is 3.34. The Kier molecular flexibility index (Phi) is 6.10. The van der Waals surface area contributed by atoms with Crippen LogP contribution in [0.2, 0.25) is 0 Å². The van der Waals surface area contributed by atoms with Gasteiger partial charge in [0.1, 0.15) is 0 Å². The maximum Gasteiger partial charge on any atom is 0.321 e. The highest BCUT2D eigenvalue weighted by Gasteiger charge is 2.45. The minimum atomic E-state index is -3.56. The second-order valence-electron chi connectivity index (χ2n) is 9.32. The number of anilines is 1. The molecule has 1 fully saturated rings. The molecular weight excluding hydrogens is 480 g/mol. The van der Waals surface area contributed by atoms with Gasteiger partial charge in [0.05, 0.1) is 30.3 Å². The van der Waals surface area contributed by atoms with Crippen molar-refractivity contribution in [2.45, 2.75) is 37.9 Å². The molecule has 0 saturated carbocycles. The molecule has 5 rings (SSSR count). The lowest BCUT2D eigenvalue weighted by atomic mass is 9.99. The molecule has 2 unspecified atom stereocenters. The van der Waals surface area contributed by atoms with Crippen molar-refractivity contribution in [3.05, 3.63) is 94.5 Å². The highest BCUT2D eigenvalue weighted by atomic mass is 19.3. The molecule has 3 heterocycles. The first-order valence-corrected chi connectivity index (χ1v) is 11.8. The van der Waals surface area contributed by atoms with Crippen molar-refractivity contribution < 1.29 is 18.4 Å². The Bertz CT molecular complexity index is 1540. The molecule has 0 aliphatic carbocycles. The minimum Gasteiger partial charge on any atom is -0.345 e. The predicted molar refractivity (Wildman–Crippen MR) is 134 cm³/mol. The van der Waals surface area contributed by atoms with Crippen LogP contribution in [0, 0.1) is 0 Å². The molecule has 8 nitrogen and oxygen atoms in total. The second kappa shape index (κ2) is 9.27. The number of pyridine rings is 1.